The van der Waals surface area contributed by atoms with Gasteiger partial charge in [0.25, 0.3) is 5.91 Å². The van der Waals surface area contributed by atoms with Crippen molar-refractivity contribution in [2.75, 3.05) is 62.8 Å². The van der Waals surface area contributed by atoms with Crippen molar-refractivity contribution in [3.05, 3.63) is 59.2 Å². The van der Waals surface area contributed by atoms with Crippen LogP contribution in [0.3, 0.4) is 0 Å². The van der Waals surface area contributed by atoms with E-state index in [1.807, 2.05) is 30.3 Å². The summed E-state index contributed by atoms with van der Waals surface area (Å²) in [6.07, 6.45) is 0. The third kappa shape index (κ3) is 4.96. The Bertz CT molecular complexity index is 843. The van der Waals surface area contributed by atoms with E-state index in [2.05, 4.69) is 34.2 Å². The Balaban J connectivity index is 1.46. The largest absolute Gasteiger partial charge is 0.379 e. The second kappa shape index (κ2) is 9.39. The van der Waals surface area contributed by atoms with E-state index in [1.165, 1.54) is 5.69 Å². The summed E-state index contributed by atoms with van der Waals surface area (Å²) in [6.45, 7) is 9.54. The molecule has 0 aromatic heterocycles. The van der Waals surface area contributed by atoms with Gasteiger partial charge in [-0.2, -0.15) is 0 Å². The van der Waals surface area contributed by atoms with Crippen LogP contribution in [0.1, 0.15) is 21.5 Å². The van der Waals surface area contributed by atoms with Crippen LogP contribution < -0.4 is 10.2 Å². The predicted octanol–water partition coefficient (Wildman–Crippen LogP) is 2.92. The molecule has 2 aliphatic heterocycles. The van der Waals surface area contributed by atoms with Crippen molar-refractivity contribution in [1.29, 1.82) is 0 Å². The lowest BCUT2D eigenvalue weighted by Crippen LogP contribution is -2.36. The summed E-state index contributed by atoms with van der Waals surface area (Å²) in [4.78, 5) is 17.6. The van der Waals surface area contributed by atoms with E-state index in [0.29, 0.717) is 5.56 Å². The number of aryl methyl sites for hydroxylation is 1. The molecule has 2 heterocycles. The summed E-state index contributed by atoms with van der Waals surface area (Å²) >= 11 is 0. The van der Waals surface area contributed by atoms with E-state index in [4.69, 9.17) is 9.47 Å². The minimum Gasteiger partial charge on any atom is -0.379 e. The number of para-hydroxylation sites is 1. The van der Waals surface area contributed by atoms with E-state index in [1.54, 1.807) is 0 Å². The van der Waals surface area contributed by atoms with Crippen LogP contribution in [0.15, 0.2) is 42.5 Å². The molecule has 0 spiro atoms. The fourth-order valence-corrected chi connectivity index (χ4v) is 3.93. The van der Waals surface area contributed by atoms with Crippen molar-refractivity contribution in [3.8, 4) is 0 Å². The third-order valence-electron chi connectivity index (χ3n) is 5.57. The molecule has 2 aromatic rings. The molecule has 6 heteroatoms. The first-order valence-electron chi connectivity index (χ1n) is 10.3. The minimum absolute atomic E-state index is 0.0731. The van der Waals surface area contributed by atoms with Crippen molar-refractivity contribution in [2.24, 2.45) is 0 Å². The Labute approximate surface area is 172 Å². The van der Waals surface area contributed by atoms with Gasteiger partial charge in [0.2, 0.25) is 0 Å². The molecule has 2 aliphatic rings. The lowest BCUT2D eigenvalue weighted by atomic mass is 10.1. The van der Waals surface area contributed by atoms with Crippen LogP contribution in [0, 0.1) is 6.92 Å². The van der Waals surface area contributed by atoms with Gasteiger partial charge in [0.1, 0.15) is 0 Å². The zero-order chi connectivity index (χ0) is 20.1. The maximum atomic E-state index is 12.9. The van der Waals surface area contributed by atoms with Crippen LogP contribution in [0.4, 0.5) is 11.4 Å². The Kier molecular flexibility index (Phi) is 6.44. The molecular formula is C23H29N3O3. The molecular weight excluding hydrogens is 366 g/mol. The van der Waals surface area contributed by atoms with Gasteiger partial charge in [0, 0.05) is 49.7 Å². The van der Waals surface area contributed by atoms with Gasteiger partial charge in [-0.3, -0.25) is 9.69 Å². The van der Waals surface area contributed by atoms with Crippen molar-refractivity contribution in [1.82, 2.24) is 4.90 Å². The quantitative estimate of drug-likeness (QED) is 0.844. The standard InChI is InChI=1S/C23H29N3O3/c1-18-16-19(6-7-22(18)26-10-14-29-15-11-26)23(27)24-21-5-3-2-4-20(21)17-25-8-12-28-13-9-25/h2-7,16H,8-15,17H2,1H3,(H,24,27). The first-order chi connectivity index (χ1) is 14.2. The number of carbonyl (C=O) groups excluding carboxylic acids is 1. The topological polar surface area (TPSA) is 54.0 Å². The molecule has 0 bridgehead atoms. The van der Waals surface area contributed by atoms with Crippen LogP contribution in [0.25, 0.3) is 0 Å². The second-order valence-electron chi connectivity index (χ2n) is 7.60. The SMILES string of the molecule is Cc1cc(C(=O)Nc2ccccc2CN2CCOCC2)ccc1N1CCOCC1. The van der Waals surface area contributed by atoms with Gasteiger partial charge in [0.15, 0.2) is 0 Å². The number of nitrogens with one attached hydrogen (secondary N) is 1. The zero-order valence-electron chi connectivity index (χ0n) is 17.0. The number of carbonyl (C=O) groups is 1. The number of hydrogen-bond acceptors (Lipinski definition) is 5. The lowest BCUT2D eigenvalue weighted by molar-refractivity contribution is 0.0342. The molecule has 4 rings (SSSR count). The van der Waals surface area contributed by atoms with Gasteiger partial charge >= 0.3 is 0 Å². The normalized spacial score (nSPS) is 17.9. The maximum absolute atomic E-state index is 12.9. The number of hydrogen-bond donors (Lipinski definition) is 1. The van der Waals surface area contributed by atoms with Crippen LogP contribution in [-0.4, -0.2) is 63.4 Å². The van der Waals surface area contributed by atoms with E-state index in [9.17, 15) is 4.79 Å². The number of anilines is 2. The predicted molar refractivity (Wildman–Crippen MR) is 115 cm³/mol. The van der Waals surface area contributed by atoms with E-state index >= 15 is 0 Å². The Hall–Kier alpha value is -2.41. The summed E-state index contributed by atoms with van der Waals surface area (Å²) in [5, 5.41) is 3.11. The van der Waals surface area contributed by atoms with Gasteiger partial charge < -0.3 is 19.7 Å². The highest BCUT2D eigenvalue weighted by Crippen LogP contribution is 2.24. The highest BCUT2D eigenvalue weighted by molar-refractivity contribution is 6.05. The minimum atomic E-state index is -0.0731. The molecule has 0 radical (unpaired) electrons. The smallest absolute Gasteiger partial charge is 0.255 e. The first-order valence-corrected chi connectivity index (χ1v) is 10.3. The Morgan fingerprint density at radius 2 is 1.66 bits per heavy atom. The number of rotatable bonds is 5. The molecule has 1 N–H and O–H groups in total. The van der Waals surface area contributed by atoms with E-state index < -0.39 is 0 Å². The molecule has 29 heavy (non-hydrogen) atoms. The molecule has 0 aliphatic carbocycles. The zero-order valence-corrected chi connectivity index (χ0v) is 17.0. The fraction of sp³-hybridized carbons (Fsp3) is 0.435. The van der Waals surface area contributed by atoms with E-state index in [0.717, 1.165) is 76.0 Å². The molecule has 1 amide bonds. The summed E-state index contributed by atoms with van der Waals surface area (Å²) < 4.78 is 10.9. The average Bonchev–Trinajstić information content (AvgIpc) is 2.76. The monoisotopic (exact) mass is 395 g/mol. The van der Waals surface area contributed by atoms with Crippen molar-refractivity contribution >= 4 is 17.3 Å². The molecule has 6 nitrogen and oxygen atoms in total. The van der Waals surface area contributed by atoms with Crippen LogP contribution in [0.2, 0.25) is 0 Å². The molecule has 0 unspecified atom stereocenters. The highest BCUT2D eigenvalue weighted by Gasteiger charge is 2.17. The van der Waals surface area contributed by atoms with Crippen LogP contribution >= 0.6 is 0 Å². The summed E-state index contributed by atoms with van der Waals surface area (Å²) in [7, 11) is 0. The second-order valence-corrected chi connectivity index (χ2v) is 7.60. The van der Waals surface area contributed by atoms with E-state index in [-0.39, 0.29) is 5.91 Å². The number of amides is 1. The van der Waals surface area contributed by atoms with Gasteiger partial charge in [-0.25, -0.2) is 0 Å². The van der Waals surface area contributed by atoms with Gasteiger partial charge in [-0.05, 0) is 42.3 Å². The van der Waals surface area contributed by atoms with Crippen LogP contribution in [0.5, 0.6) is 0 Å². The molecule has 0 saturated carbocycles. The van der Waals surface area contributed by atoms with Crippen molar-refractivity contribution in [2.45, 2.75) is 13.5 Å². The number of nitrogens with zero attached hydrogens (tertiary/aromatic N) is 2. The van der Waals surface area contributed by atoms with Gasteiger partial charge in [0.05, 0.1) is 26.4 Å². The summed E-state index contributed by atoms with van der Waals surface area (Å²) in [5.74, 6) is -0.0731. The molecule has 2 aromatic carbocycles. The number of morpholine rings is 2. The first kappa shape index (κ1) is 19.9. The summed E-state index contributed by atoms with van der Waals surface area (Å²) in [5.41, 5.74) is 4.97. The summed E-state index contributed by atoms with van der Waals surface area (Å²) in [6, 6.07) is 14.0. The molecule has 0 atom stereocenters. The number of ether oxygens (including phenoxy) is 2. The Morgan fingerprint density at radius 1 is 0.966 bits per heavy atom. The van der Waals surface area contributed by atoms with Crippen molar-refractivity contribution < 1.29 is 14.3 Å². The molecule has 2 saturated heterocycles. The molecule has 154 valence electrons. The van der Waals surface area contributed by atoms with Crippen molar-refractivity contribution in [3.63, 3.8) is 0 Å². The number of benzene rings is 2. The molecule has 2 fully saturated rings. The average molecular weight is 396 g/mol. The van der Waals surface area contributed by atoms with Crippen LogP contribution in [-0.2, 0) is 16.0 Å². The highest BCUT2D eigenvalue weighted by atomic mass is 16.5. The van der Waals surface area contributed by atoms with Gasteiger partial charge in [-0.1, -0.05) is 18.2 Å². The third-order valence-corrected chi connectivity index (χ3v) is 5.57. The Morgan fingerprint density at radius 3 is 2.38 bits per heavy atom. The lowest BCUT2D eigenvalue weighted by Gasteiger charge is -2.30. The van der Waals surface area contributed by atoms with Gasteiger partial charge in [-0.15, -0.1) is 0 Å². The fourth-order valence-electron chi connectivity index (χ4n) is 3.93. The maximum Gasteiger partial charge on any atom is 0.255 e.